The highest BCUT2D eigenvalue weighted by atomic mass is 35.5. The molecule has 2 aliphatic rings. The SMILES string of the molecule is Nc1nc(F)c(Cl)c(N2C(=O)c3ccccc3C2=O)c1F.O=C1c2ccccc2C(=O)N1c1c(F)c(Cl)nc(F)c1Cl. The van der Waals surface area contributed by atoms with Crippen LogP contribution in [0.25, 0.3) is 0 Å². The van der Waals surface area contributed by atoms with E-state index in [1.54, 1.807) is 24.3 Å². The Labute approximate surface area is 247 Å². The van der Waals surface area contributed by atoms with Gasteiger partial charge in [0.05, 0.1) is 22.3 Å². The summed E-state index contributed by atoms with van der Waals surface area (Å²) in [6, 6.07) is 11.8. The molecule has 2 aromatic carbocycles. The smallest absolute Gasteiger partial charge is 0.266 e. The van der Waals surface area contributed by atoms with Crippen molar-refractivity contribution in [3.8, 4) is 0 Å². The summed E-state index contributed by atoms with van der Waals surface area (Å²) < 4.78 is 55.2. The standard InChI is InChI=1S/C13H4Cl2F2N2O2.C13H6ClF2N3O2/c14-7-9(8(16)10(15)18-11(7)17)19-12(20)5-3-1-2-4-6(5)13(19)21;14-7-9(8(15)11(17)18-10(7)16)19-12(20)5-3-1-2-4-6(5)13(19)21/h1-4H;1-4H,(H2,17,18). The Kier molecular flexibility index (Phi) is 7.35. The van der Waals surface area contributed by atoms with Crippen molar-refractivity contribution in [3.05, 3.63) is 110 Å². The van der Waals surface area contributed by atoms with E-state index in [-0.39, 0.29) is 22.3 Å². The Morgan fingerprint density at radius 2 is 0.905 bits per heavy atom. The maximum atomic E-state index is 14.1. The molecule has 0 atom stereocenters. The molecule has 0 radical (unpaired) electrons. The molecular formula is C26H10Cl3F4N5O4. The molecule has 0 saturated carbocycles. The van der Waals surface area contributed by atoms with Crippen molar-refractivity contribution >= 4 is 75.6 Å². The Bertz CT molecular complexity index is 1630. The number of anilines is 3. The second kappa shape index (κ2) is 10.7. The highest BCUT2D eigenvalue weighted by molar-refractivity contribution is 6.41. The maximum Gasteiger partial charge on any atom is 0.266 e. The summed E-state index contributed by atoms with van der Waals surface area (Å²) in [7, 11) is 0. The van der Waals surface area contributed by atoms with Crippen LogP contribution >= 0.6 is 34.8 Å². The summed E-state index contributed by atoms with van der Waals surface area (Å²) in [4.78, 5) is 55.9. The van der Waals surface area contributed by atoms with Crippen molar-refractivity contribution in [1.82, 2.24) is 9.97 Å². The molecule has 0 saturated heterocycles. The molecule has 9 nitrogen and oxygen atoms in total. The number of imide groups is 2. The van der Waals surface area contributed by atoms with Gasteiger partial charge in [-0.25, -0.2) is 23.6 Å². The van der Waals surface area contributed by atoms with E-state index in [4.69, 9.17) is 40.5 Å². The number of rotatable bonds is 2. The number of carbonyl (C=O) groups excluding carboxylic acids is 4. The van der Waals surface area contributed by atoms with E-state index in [1.165, 1.54) is 24.3 Å². The lowest BCUT2D eigenvalue weighted by molar-refractivity contribution is 0.0909. The molecule has 4 amide bonds. The van der Waals surface area contributed by atoms with E-state index in [9.17, 15) is 36.7 Å². The molecule has 2 aliphatic heterocycles. The van der Waals surface area contributed by atoms with E-state index < -0.39 is 79.5 Å². The topological polar surface area (TPSA) is 127 Å². The fourth-order valence-electron chi connectivity index (χ4n) is 4.17. The van der Waals surface area contributed by atoms with Gasteiger partial charge in [-0.15, -0.1) is 0 Å². The molecule has 0 fully saturated rings. The number of fused-ring (bicyclic) bond motifs is 2. The summed E-state index contributed by atoms with van der Waals surface area (Å²) in [5.41, 5.74) is 4.06. The number of carbonyl (C=O) groups is 4. The summed E-state index contributed by atoms with van der Waals surface area (Å²) >= 11 is 16.7. The van der Waals surface area contributed by atoms with Crippen molar-refractivity contribution < 1.29 is 36.7 Å². The van der Waals surface area contributed by atoms with E-state index in [1.807, 2.05) is 0 Å². The van der Waals surface area contributed by atoms with Gasteiger partial charge < -0.3 is 5.73 Å². The highest BCUT2D eigenvalue weighted by Crippen LogP contribution is 2.39. The molecule has 4 aromatic rings. The van der Waals surface area contributed by atoms with Gasteiger partial charge in [0.2, 0.25) is 11.9 Å². The second-order valence-electron chi connectivity index (χ2n) is 8.42. The van der Waals surface area contributed by atoms with Gasteiger partial charge in [0.25, 0.3) is 23.6 Å². The Hall–Kier alpha value is -4.59. The van der Waals surface area contributed by atoms with Crippen LogP contribution in [0.5, 0.6) is 0 Å². The van der Waals surface area contributed by atoms with Crippen LogP contribution in [0.1, 0.15) is 41.4 Å². The van der Waals surface area contributed by atoms with Crippen LogP contribution in [-0.2, 0) is 0 Å². The van der Waals surface area contributed by atoms with Crippen LogP contribution in [0.2, 0.25) is 15.2 Å². The van der Waals surface area contributed by atoms with Crippen LogP contribution in [0, 0.1) is 23.5 Å². The maximum absolute atomic E-state index is 14.1. The fraction of sp³-hybridized carbons (Fsp3) is 0. The van der Waals surface area contributed by atoms with Crippen molar-refractivity contribution in [1.29, 1.82) is 0 Å². The number of hydrogen-bond donors (Lipinski definition) is 1. The molecule has 6 rings (SSSR count). The molecule has 0 unspecified atom stereocenters. The molecule has 0 spiro atoms. The summed E-state index contributed by atoms with van der Waals surface area (Å²) in [5.74, 6) is -9.01. The third-order valence-corrected chi connectivity index (χ3v) is 6.97. The summed E-state index contributed by atoms with van der Waals surface area (Å²) in [5, 5.41) is -2.38. The minimum absolute atomic E-state index is 0.0753. The number of hydrogen-bond acceptors (Lipinski definition) is 7. The number of benzene rings is 2. The third-order valence-electron chi connectivity index (χ3n) is 6.05. The largest absolute Gasteiger partial charge is 0.381 e. The van der Waals surface area contributed by atoms with E-state index >= 15 is 0 Å². The Balaban J connectivity index is 0.000000168. The number of nitrogens with two attached hydrogens (primary N) is 1. The van der Waals surface area contributed by atoms with Crippen LogP contribution < -0.4 is 15.5 Å². The first-order valence-corrected chi connectivity index (χ1v) is 12.5. The van der Waals surface area contributed by atoms with Crippen molar-refractivity contribution in [2.45, 2.75) is 0 Å². The van der Waals surface area contributed by atoms with Gasteiger partial charge in [0.15, 0.2) is 22.6 Å². The van der Waals surface area contributed by atoms with Gasteiger partial charge in [0, 0.05) is 0 Å². The Morgan fingerprint density at radius 1 is 0.571 bits per heavy atom. The molecule has 212 valence electrons. The number of amides is 4. The molecule has 2 N–H and O–H groups in total. The number of halogens is 7. The molecule has 16 heteroatoms. The molecule has 0 aliphatic carbocycles. The van der Waals surface area contributed by atoms with Gasteiger partial charge in [-0.1, -0.05) is 59.1 Å². The van der Waals surface area contributed by atoms with Crippen LogP contribution in [-0.4, -0.2) is 33.6 Å². The minimum Gasteiger partial charge on any atom is -0.381 e. The first-order valence-electron chi connectivity index (χ1n) is 11.3. The van der Waals surface area contributed by atoms with Gasteiger partial charge in [0.1, 0.15) is 21.4 Å². The number of pyridine rings is 2. The zero-order chi connectivity index (χ0) is 30.6. The molecule has 4 heterocycles. The number of nitrogen functional groups attached to an aromatic ring is 1. The van der Waals surface area contributed by atoms with Gasteiger partial charge >= 0.3 is 0 Å². The number of aromatic nitrogens is 2. The van der Waals surface area contributed by atoms with E-state index in [0.29, 0.717) is 9.80 Å². The first kappa shape index (κ1) is 28.9. The third kappa shape index (κ3) is 4.42. The predicted molar refractivity (Wildman–Crippen MR) is 143 cm³/mol. The molecule has 2 aromatic heterocycles. The van der Waals surface area contributed by atoms with Gasteiger partial charge in [-0.2, -0.15) is 13.8 Å². The fourth-order valence-corrected chi connectivity index (χ4v) is 4.76. The minimum atomic E-state index is -1.27. The van der Waals surface area contributed by atoms with Gasteiger partial charge in [-0.05, 0) is 24.3 Å². The Morgan fingerprint density at radius 3 is 1.29 bits per heavy atom. The average molecular weight is 639 g/mol. The van der Waals surface area contributed by atoms with Crippen LogP contribution in [0.15, 0.2) is 48.5 Å². The van der Waals surface area contributed by atoms with E-state index in [2.05, 4.69) is 9.97 Å². The van der Waals surface area contributed by atoms with Crippen molar-refractivity contribution in [3.63, 3.8) is 0 Å². The lowest BCUT2D eigenvalue weighted by Crippen LogP contribution is -2.31. The van der Waals surface area contributed by atoms with Crippen molar-refractivity contribution in [2.75, 3.05) is 15.5 Å². The second-order valence-corrected chi connectivity index (χ2v) is 9.53. The molecule has 0 bridgehead atoms. The van der Waals surface area contributed by atoms with Gasteiger partial charge in [-0.3, -0.25) is 19.2 Å². The lowest BCUT2D eigenvalue weighted by atomic mass is 10.1. The lowest BCUT2D eigenvalue weighted by Gasteiger charge is -2.17. The zero-order valence-corrected chi connectivity index (χ0v) is 22.5. The number of nitrogens with zero attached hydrogens (tertiary/aromatic N) is 4. The molecule has 42 heavy (non-hydrogen) atoms. The normalized spacial score (nSPS) is 13.8. The molecular weight excluding hydrogens is 629 g/mol. The van der Waals surface area contributed by atoms with Crippen LogP contribution in [0.4, 0.5) is 34.8 Å². The predicted octanol–water partition coefficient (Wildman–Crippen LogP) is 5.86. The highest BCUT2D eigenvalue weighted by Gasteiger charge is 2.41. The van der Waals surface area contributed by atoms with E-state index in [0.717, 1.165) is 0 Å². The van der Waals surface area contributed by atoms with Crippen LogP contribution in [0.3, 0.4) is 0 Å². The summed E-state index contributed by atoms with van der Waals surface area (Å²) in [6.45, 7) is 0. The average Bonchev–Trinajstić information content (AvgIpc) is 3.37. The van der Waals surface area contributed by atoms with Crippen molar-refractivity contribution in [2.24, 2.45) is 0 Å². The quantitative estimate of drug-likeness (QED) is 0.166. The zero-order valence-electron chi connectivity index (χ0n) is 20.3. The summed E-state index contributed by atoms with van der Waals surface area (Å²) in [6.07, 6.45) is 0. The monoisotopic (exact) mass is 637 g/mol. The first-order chi connectivity index (χ1) is 19.9.